The Labute approximate surface area is 97.7 Å². The van der Waals surface area contributed by atoms with E-state index in [1.54, 1.807) is 0 Å². The molecular weight excluding hydrogens is 201 g/mol. The van der Waals surface area contributed by atoms with Crippen LogP contribution >= 0.6 is 0 Å². The lowest BCUT2D eigenvalue weighted by Crippen LogP contribution is -2.13. The van der Waals surface area contributed by atoms with Gasteiger partial charge < -0.3 is 5.32 Å². The third kappa shape index (κ3) is 4.78. The van der Waals surface area contributed by atoms with Crippen LogP contribution in [0.25, 0.3) is 5.70 Å². The van der Waals surface area contributed by atoms with E-state index in [1.165, 1.54) is 11.3 Å². The van der Waals surface area contributed by atoms with Crippen molar-refractivity contribution in [1.82, 2.24) is 5.32 Å². The molecule has 1 N–H and O–H groups in total. The lowest BCUT2D eigenvalue weighted by atomic mass is 10.1. The first-order valence-corrected chi connectivity index (χ1v) is 5.51. The molecule has 1 aromatic rings. The van der Waals surface area contributed by atoms with Crippen molar-refractivity contribution in [2.75, 3.05) is 13.7 Å². The van der Waals surface area contributed by atoms with Crippen LogP contribution in [0.3, 0.4) is 0 Å². The van der Waals surface area contributed by atoms with Crippen molar-refractivity contribution in [1.29, 1.82) is 0 Å². The summed E-state index contributed by atoms with van der Waals surface area (Å²) in [5, 5.41) is 3.31. The first-order valence-electron chi connectivity index (χ1n) is 5.51. The maximum Gasteiger partial charge on any atom is 0.0785 e. The van der Waals surface area contributed by atoms with Gasteiger partial charge in [0.05, 0.1) is 7.18 Å². The predicted octanol–water partition coefficient (Wildman–Crippen LogP) is 3.80. The average molecular weight is 221 g/mol. The maximum atomic E-state index is 9.50. The Bertz CT molecular complexity index is 315. The average Bonchev–Trinajstić information content (AvgIpc) is 2.45. The van der Waals surface area contributed by atoms with E-state index in [9.17, 15) is 4.39 Å². The van der Waals surface area contributed by atoms with Crippen molar-refractivity contribution in [2.24, 2.45) is 0 Å². The summed E-state index contributed by atoms with van der Waals surface area (Å²) in [4.78, 5) is 0. The molecule has 0 saturated carbocycles. The van der Waals surface area contributed by atoms with Gasteiger partial charge in [-0.05, 0) is 11.6 Å². The van der Waals surface area contributed by atoms with E-state index < -0.39 is 0 Å². The molecule has 0 aliphatic carbocycles. The van der Waals surface area contributed by atoms with Crippen molar-refractivity contribution in [3.05, 3.63) is 54.1 Å². The third-order valence-electron chi connectivity index (χ3n) is 1.89. The van der Waals surface area contributed by atoms with Crippen LogP contribution < -0.4 is 5.32 Å². The zero-order chi connectivity index (χ0) is 12.2. The van der Waals surface area contributed by atoms with Crippen molar-refractivity contribution in [2.45, 2.75) is 13.8 Å². The topological polar surface area (TPSA) is 12.0 Å². The van der Waals surface area contributed by atoms with E-state index in [2.05, 4.69) is 47.8 Å². The Morgan fingerprint density at radius 2 is 1.69 bits per heavy atom. The van der Waals surface area contributed by atoms with E-state index in [4.69, 9.17) is 0 Å². The number of halogens is 1. The standard InChI is InChI=1S/C11H11N.C2H6.CH3F/c1-2-6-10(7-3-1)11-8-4-5-9-12-11;2*1-2/h1-8,12H,9H2;1-2H3;1H3. The molecule has 0 bridgehead atoms. The van der Waals surface area contributed by atoms with Crippen LogP contribution in [0.2, 0.25) is 0 Å². The molecular formula is C14H20FN. The lowest BCUT2D eigenvalue weighted by molar-refractivity contribution is 0.636. The number of allylic oxidation sites excluding steroid dienone is 2. The van der Waals surface area contributed by atoms with Crippen molar-refractivity contribution in [3.63, 3.8) is 0 Å². The summed E-state index contributed by atoms with van der Waals surface area (Å²) >= 11 is 0. The molecule has 1 aliphatic rings. The Morgan fingerprint density at radius 1 is 1.06 bits per heavy atom. The molecule has 0 radical (unpaired) electrons. The summed E-state index contributed by atoms with van der Waals surface area (Å²) in [6.45, 7) is 4.93. The van der Waals surface area contributed by atoms with Gasteiger partial charge in [-0.3, -0.25) is 4.39 Å². The van der Waals surface area contributed by atoms with Crippen molar-refractivity contribution in [3.8, 4) is 0 Å². The smallest absolute Gasteiger partial charge is 0.0785 e. The summed E-state index contributed by atoms with van der Waals surface area (Å²) in [6.07, 6.45) is 6.28. The molecule has 88 valence electrons. The molecule has 0 aromatic heterocycles. The fourth-order valence-electron chi connectivity index (χ4n) is 1.28. The summed E-state index contributed by atoms with van der Waals surface area (Å²) in [5.74, 6) is 0. The van der Waals surface area contributed by atoms with Crippen LogP contribution in [0, 0.1) is 0 Å². The highest BCUT2D eigenvalue weighted by Crippen LogP contribution is 2.12. The molecule has 0 amide bonds. The molecule has 0 spiro atoms. The van der Waals surface area contributed by atoms with Crippen LogP contribution in [0.5, 0.6) is 0 Å². The minimum Gasteiger partial charge on any atom is -0.381 e. The van der Waals surface area contributed by atoms with Gasteiger partial charge in [-0.1, -0.05) is 56.3 Å². The molecule has 0 unspecified atom stereocenters. The summed E-state index contributed by atoms with van der Waals surface area (Å²) < 4.78 is 9.50. The molecule has 16 heavy (non-hydrogen) atoms. The highest BCUT2D eigenvalue weighted by molar-refractivity contribution is 5.66. The monoisotopic (exact) mass is 221 g/mol. The Kier molecular flexibility index (Phi) is 8.99. The van der Waals surface area contributed by atoms with Gasteiger partial charge in [0.25, 0.3) is 0 Å². The van der Waals surface area contributed by atoms with Gasteiger partial charge >= 0.3 is 0 Å². The second-order valence-electron chi connectivity index (χ2n) is 2.76. The van der Waals surface area contributed by atoms with Gasteiger partial charge in [0.1, 0.15) is 0 Å². The fourth-order valence-corrected chi connectivity index (χ4v) is 1.28. The lowest BCUT2D eigenvalue weighted by Gasteiger charge is -2.11. The third-order valence-corrected chi connectivity index (χ3v) is 1.89. The van der Waals surface area contributed by atoms with E-state index in [0.717, 1.165) is 6.54 Å². The predicted molar refractivity (Wildman–Crippen MR) is 69.9 cm³/mol. The van der Waals surface area contributed by atoms with Gasteiger partial charge in [-0.15, -0.1) is 0 Å². The Hall–Kier alpha value is -1.57. The fraction of sp³-hybridized carbons (Fsp3) is 0.286. The van der Waals surface area contributed by atoms with E-state index >= 15 is 0 Å². The summed E-state index contributed by atoms with van der Waals surface area (Å²) in [6, 6.07) is 10.4. The van der Waals surface area contributed by atoms with Crippen LogP contribution in [0.1, 0.15) is 19.4 Å². The van der Waals surface area contributed by atoms with Gasteiger partial charge in [-0.25, -0.2) is 0 Å². The highest BCUT2D eigenvalue weighted by atomic mass is 19.1. The Balaban J connectivity index is 0.000000509. The molecule has 0 atom stereocenters. The number of benzene rings is 1. The zero-order valence-electron chi connectivity index (χ0n) is 10.2. The van der Waals surface area contributed by atoms with Crippen molar-refractivity contribution >= 4 is 5.70 Å². The van der Waals surface area contributed by atoms with Crippen LogP contribution in [0.4, 0.5) is 4.39 Å². The SMILES string of the molecule is C1=CCNC(c2ccccc2)=C1.CC.CF. The first kappa shape index (κ1) is 14.4. The molecule has 0 saturated heterocycles. The van der Waals surface area contributed by atoms with Crippen LogP contribution in [-0.4, -0.2) is 13.7 Å². The van der Waals surface area contributed by atoms with E-state index in [-0.39, 0.29) is 0 Å². The van der Waals surface area contributed by atoms with E-state index in [1.807, 2.05) is 19.9 Å². The van der Waals surface area contributed by atoms with Crippen LogP contribution in [-0.2, 0) is 0 Å². The summed E-state index contributed by atoms with van der Waals surface area (Å²) in [5.41, 5.74) is 2.46. The second kappa shape index (κ2) is 9.97. The normalized spacial score (nSPS) is 12.1. The molecule has 1 nitrogen and oxygen atoms in total. The van der Waals surface area contributed by atoms with Gasteiger partial charge in [-0.2, -0.15) is 0 Å². The van der Waals surface area contributed by atoms with Gasteiger partial charge in [0.2, 0.25) is 0 Å². The molecule has 2 heteroatoms. The zero-order valence-corrected chi connectivity index (χ0v) is 10.2. The van der Waals surface area contributed by atoms with Gasteiger partial charge in [0.15, 0.2) is 0 Å². The maximum absolute atomic E-state index is 9.50. The molecule has 0 fully saturated rings. The molecule has 1 aliphatic heterocycles. The number of hydrogen-bond acceptors (Lipinski definition) is 1. The molecule has 1 aromatic carbocycles. The van der Waals surface area contributed by atoms with Crippen LogP contribution in [0.15, 0.2) is 48.6 Å². The number of alkyl halides is 1. The largest absolute Gasteiger partial charge is 0.381 e. The molecule has 1 heterocycles. The Morgan fingerprint density at radius 3 is 2.19 bits per heavy atom. The minimum atomic E-state index is 0.500. The minimum absolute atomic E-state index is 0.500. The molecule has 2 rings (SSSR count). The quantitative estimate of drug-likeness (QED) is 0.760. The highest BCUT2D eigenvalue weighted by Gasteiger charge is 1.99. The van der Waals surface area contributed by atoms with Crippen molar-refractivity contribution < 1.29 is 4.39 Å². The summed E-state index contributed by atoms with van der Waals surface area (Å²) in [7, 11) is 0.500. The van der Waals surface area contributed by atoms with E-state index in [0.29, 0.717) is 7.18 Å². The first-order chi connectivity index (χ1) is 7.97. The number of nitrogens with one attached hydrogen (secondary N) is 1. The number of hydrogen-bond donors (Lipinski definition) is 1. The van der Waals surface area contributed by atoms with Gasteiger partial charge in [0, 0.05) is 12.2 Å². The second-order valence-corrected chi connectivity index (χ2v) is 2.76. The number of dihydropyridines is 1. The number of rotatable bonds is 1.